The third-order valence-electron chi connectivity index (χ3n) is 3.76. The first-order valence-corrected chi connectivity index (χ1v) is 8.30. The largest absolute Gasteiger partial charge is 0.372 e. The molecule has 3 heteroatoms. The van der Waals surface area contributed by atoms with Gasteiger partial charge in [-0.25, -0.2) is 0 Å². The van der Waals surface area contributed by atoms with Gasteiger partial charge in [0.1, 0.15) is 5.54 Å². The van der Waals surface area contributed by atoms with Gasteiger partial charge in [0.05, 0.1) is 0 Å². The average Bonchev–Trinajstić information content (AvgIpc) is 3.29. The lowest BCUT2D eigenvalue weighted by Crippen LogP contribution is -2.32. The second-order valence-corrected chi connectivity index (χ2v) is 5.96. The molecule has 2 aromatic rings. The van der Waals surface area contributed by atoms with E-state index in [1.807, 2.05) is 42.5 Å². The van der Waals surface area contributed by atoms with Crippen LogP contribution >= 0.6 is 22.6 Å². The highest BCUT2D eigenvalue weighted by Gasteiger charge is 2.50. The van der Waals surface area contributed by atoms with Crippen molar-refractivity contribution in [2.45, 2.75) is 22.8 Å². The lowest BCUT2D eigenvalue weighted by Gasteiger charge is -2.19. The molecule has 102 valence electrons. The molecule has 0 spiro atoms. The number of anilines is 1. The molecule has 20 heavy (non-hydrogen) atoms. The van der Waals surface area contributed by atoms with Gasteiger partial charge in [-0.05, 0) is 24.5 Å². The summed E-state index contributed by atoms with van der Waals surface area (Å²) >= 11 is 2.35. The zero-order valence-corrected chi connectivity index (χ0v) is 13.3. The summed E-state index contributed by atoms with van der Waals surface area (Å²) < 4.78 is 0.941. The maximum absolute atomic E-state index is 12.7. The number of benzene rings is 2. The van der Waals surface area contributed by atoms with E-state index >= 15 is 0 Å². The Balaban J connectivity index is 1.85. The van der Waals surface area contributed by atoms with Crippen molar-refractivity contribution in [2.24, 2.45) is 0 Å². The van der Waals surface area contributed by atoms with Crippen molar-refractivity contribution < 1.29 is 4.79 Å². The number of para-hydroxylation sites is 1. The van der Waals surface area contributed by atoms with Crippen LogP contribution in [0.3, 0.4) is 0 Å². The summed E-state index contributed by atoms with van der Waals surface area (Å²) in [5, 5.41) is 3.49. The maximum atomic E-state index is 12.7. The normalized spacial score (nSPS) is 15.7. The van der Waals surface area contributed by atoms with Gasteiger partial charge in [0.2, 0.25) is 0 Å². The summed E-state index contributed by atoms with van der Waals surface area (Å²) in [6.45, 7) is 0. The number of ketones is 1. The SMILES string of the molecule is O=C(c1ccccc1)C1(Nc2ccccc2CI)CC1. The minimum Gasteiger partial charge on any atom is -0.372 e. The molecular weight excluding hydrogens is 361 g/mol. The van der Waals surface area contributed by atoms with Crippen molar-refractivity contribution in [3.63, 3.8) is 0 Å². The third-order valence-corrected chi connectivity index (χ3v) is 4.58. The number of nitrogens with one attached hydrogen (secondary N) is 1. The number of alkyl halides is 1. The Labute approximate surface area is 132 Å². The summed E-state index contributed by atoms with van der Waals surface area (Å²) in [5.74, 6) is 0.210. The highest BCUT2D eigenvalue weighted by Crippen LogP contribution is 2.42. The van der Waals surface area contributed by atoms with Crippen LogP contribution in [0.5, 0.6) is 0 Å². The van der Waals surface area contributed by atoms with E-state index in [1.165, 1.54) is 5.56 Å². The zero-order chi connectivity index (χ0) is 14.0. The van der Waals surface area contributed by atoms with Crippen molar-refractivity contribution in [2.75, 3.05) is 5.32 Å². The van der Waals surface area contributed by atoms with Gasteiger partial charge in [-0.1, -0.05) is 71.1 Å². The smallest absolute Gasteiger partial charge is 0.188 e. The molecule has 2 nitrogen and oxygen atoms in total. The first kappa shape index (κ1) is 13.6. The highest BCUT2D eigenvalue weighted by molar-refractivity contribution is 14.1. The Bertz CT molecular complexity index is 620. The fourth-order valence-corrected chi connectivity index (χ4v) is 3.08. The van der Waals surface area contributed by atoms with Crippen molar-refractivity contribution >= 4 is 34.1 Å². The quantitative estimate of drug-likeness (QED) is 0.474. The standard InChI is InChI=1S/C17H16INO/c18-12-14-8-4-5-9-15(14)19-17(10-11-17)16(20)13-6-2-1-3-7-13/h1-9,19H,10-12H2. The van der Waals surface area contributed by atoms with Crippen molar-refractivity contribution in [1.82, 2.24) is 0 Å². The van der Waals surface area contributed by atoms with Gasteiger partial charge in [-0.3, -0.25) is 4.79 Å². The van der Waals surface area contributed by atoms with Crippen LogP contribution in [0.15, 0.2) is 54.6 Å². The summed E-state index contributed by atoms with van der Waals surface area (Å²) in [5.41, 5.74) is 2.75. The Morgan fingerprint density at radius 1 is 1.05 bits per heavy atom. The van der Waals surface area contributed by atoms with E-state index in [-0.39, 0.29) is 11.3 Å². The van der Waals surface area contributed by atoms with Crippen LogP contribution in [-0.4, -0.2) is 11.3 Å². The molecule has 1 aliphatic rings. The molecule has 1 N–H and O–H groups in total. The van der Waals surface area contributed by atoms with Crippen LogP contribution in [0.2, 0.25) is 0 Å². The van der Waals surface area contributed by atoms with Crippen LogP contribution in [0, 0.1) is 0 Å². The summed E-state index contributed by atoms with van der Waals surface area (Å²) in [7, 11) is 0. The van der Waals surface area contributed by atoms with Gasteiger partial charge in [-0.2, -0.15) is 0 Å². The van der Waals surface area contributed by atoms with Crippen LogP contribution in [0.4, 0.5) is 5.69 Å². The molecule has 0 heterocycles. The minimum atomic E-state index is -0.386. The predicted octanol–water partition coefficient (Wildman–Crippen LogP) is 4.45. The van der Waals surface area contributed by atoms with E-state index in [0.29, 0.717) is 0 Å². The number of rotatable bonds is 5. The van der Waals surface area contributed by atoms with Crippen molar-refractivity contribution in [3.05, 3.63) is 65.7 Å². The lowest BCUT2D eigenvalue weighted by atomic mass is 10.0. The predicted molar refractivity (Wildman–Crippen MR) is 90.5 cm³/mol. The second-order valence-electron chi connectivity index (χ2n) is 5.19. The fraction of sp³-hybridized carbons (Fsp3) is 0.235. The average molecular weight is 377 g/mol. The van der Waals surface area contributed by atoms with Gasteiger partial charge < -0.3 is 5.32 Å². The van der Waals surface area contributed by atoms with Gasteiger partial charge in [0.25, 0.3) is 0 Å². The van der Waals surface area contributed by atoms with Crippen molar-refractivity contribution in [1.29, 1.82) is 0 Å². The first-order chi connectivity index (χ1) is 9.75. The molecule has 3 rings (SSSR count). The Morgan fingerprint density at radius 2 is 1.70 bits per heavy atom. The van der Waals surface area contributed by atoms with E-state index in [4.69, 9.17) is 0 Å². The van der Waals surface area contributed by atoms with E-state index in [1.54, 1.807) is 0 Å². The number of Topliss-reactive ketones (excluding diaryl/α,β-unsaturated/α-hetero) is 1. The minimum absolute atomic E-state index is 0.210. The first-order valence-electron chi connectivity index (χ1n) is 6.77. The number of hydrogen-bond donors (Lipinski definition) is 1. The molecule has 0 unspecified atom stereocenters. The molecule has 0 saturated heterocycles. The second kappa shape index (κ2) is 5.56. The highest BCUT2D eigenvalue weighted by atomic mass is 127. The van der Waals surface area contributed by atoms with E-state index < -0.39 is 0 Å². The summed E-state index contributed by atoms with van der Waals surface area (Å²) in [4.78, 5) is 12.7. The maximum Gasteiger partial charge on any atom is 0.188 e. The van der Waals surface area contributed by atoms with Crippen LogP contribution in [0.1, 0.15) is 28.8 Å². The molecule has 0 aliphatic heterocycles. The Kier molecular flexibility index (Phi) is 3.78. The molecule has 0 bridgehead atoms. The van der Waals surface area contributed by atoms with E-state index in [2.05, 4.69) is 40.0 Å². The molecule has 0 aromatic heterocycles. The van der Waals surface area contributed by atoms with Crippen molar-refractivity contribution in [3.8, 4) is 0 Å². The Morgan fingerprint density at radius 3 is 2.35 bits per heavy atom. The molecule has 1 fully saturated rings. The number of carbonyl (C=O) groups excluding carboxylic acids is 1. The fourth-order valence-electron chi connectivity index (χ4n) is 2.42. The number of carbonyl (C=O) groups is 1. The van der Waals surface area contributed by atoms with Gasteiger partial charge in [0.15, 0.2) is 5.78 Å². The van der Waals surface area contributed by atoms with E-state index in [9.17, 15) is 4.79 Å². The molecule has 0 atom stereocenters. The van der Waals surface area contributed by atoms with Crippen LogP contribution < -0.4 is 5.32 Å². The van der Waals surface area contributed by atoms with Crippen LogP contribution in [-0.2, 0) is 4.43 Å². The summed E-state index contributed by atoms with van der Waals surface area (Å²) in [6.07, 6.45) is 1.83. The van der Waals surface area contributed by atoms with Gasteiger partial charge in [-0.15, -0.1) is 0 Å². The van der Waals surface area contributed by atoms with Crippen LogP contribution in [0.25, 0.3) is 0 Å². The Hall–Kier alpha value is -1.36. The molecule has 1 saturated carbocycles. The van der Waals surface area contributed by atoms with Gasteiger partial charge in [0, 0.05) is 15.7 Å². The molecule has 0 amide bonds. The summed E-state index contributed by atoms with van der Waals surface area (Å²) in [6, 6.07) is 17.8. The van der Waals surface area contributed by atoms with E-state index in [0.717, 1.165) is 28.5 Å². The third kappa shape index (κ3) is 2.59. The number of hydrogen-bond acceptors (Lipinski definition) is 2. The molecule has 2 aromatic carbocycles. The van der Waals surface area contributed by atoms with Gasteiger partial charge >= 0.3 is 0 Å². The zero-order valence-electron chi connectivity index (χ0n) is 11.1. The molecular formula is C17H16INO. The lowest BCUT2D eigenvalue weighted by molar-refractivity contribution is 0.0958. The number of halogens is 1. The molecule has 1 aliphatic carbocycles. The topological polar surface area (TPSA) is 29.1 Å². The molecule has 0 radical (unpaired) electrons. The monoisotopic (exact) mass is 377 g/mol.